The molecule has 2 nitrogen and oxygen atoms in total. The monoisotopic (exact) mass is 304 g/mol. The fourth-order valence-electron chi connectivity index (χ4n) is 1.28. The highest BCUT2D eigenvalue weighted by Crippen LogP contribution is 2.11. The van der Waals surface area contributed by atoms with E-state index in [-0.39, 0.29) is 0 Å². The molecule has 0 aliphatic carbocycles. The molecule has 0 fully saturated rings. The Morgan fingerprint density at radius 1 is 1.43 bits per heavy atom. The molecule has 3 N–H and O–H groups in total. The summed E-state index contributed by atoms with van der Waals surface area (Å²) >= 11 is 2.36. The molecule has 3 heteroatoms. The smallest absolute Gasteiger partial charge is 0.0218 e. The SMILES string of the molecule is CC(CCN)NCc1ccccc1I. The van der Waals surface area contributed by atoms with E-state index in [1.807, 2.05) is 0 Å². The molecule has 1 aromatic carbocycles. The van der Waals surface area contributed by atoms with Crippen LogP contribution in [0.25, 0.3) is 0 Å². The summed E-state index contributed by atoms with van der Waals surface area (Å²) in [6.45, 7) is 3.85. The molecule has 1 atom stereocenters. The summed E-state index contributed by atoms with van der Waals surface area (Å²) in [5.41, 5.74) is 6.85. The molecule has 0 aliphatic rings. The highest BCUT2D eigenvalue weighted by molar-refractivity contribution is 14.1. The first-order valence-corrected chi connectivity index (χ1v) is 5.98. The fraction of sp³-hybridized carbons (Fsp3) is 0.455. The largest absolute Gasteiger partial charge is 0.330 e. The van der Waals surface area contributed by atoms with Gasteiger partial charge in [0.25, 0.3) is 0 Å². The third-order valence-electron chi connectivity index (χ3n) is 2.20. The number of nitrogens with one attached hydrogen (secondary N) is 1. The van der Waals surface area contributed by atoms with Gasteiger partial charge in [-0.25, -0.2) is 0 Å². The van der Waals surface area contributed by atoms with Gasteiger partial charge in [-0.15, -0.1) is 0 Å². The van der Waals surface area contributed by atoms with E-state index in [0.29, 0.717) is 6.04 Å². The molecule has 0 bridgehead atoms. The van der Waals surface area contributed by atoms with E-state index in [1.54, 1.807) is 0 Å². The second kappa shape index (κ2) is 6.37. The van der Waals surface area contributed by atoms with Crippen LogP contribution in [-0.2, 0) is 6.54 Å². The lowest BCUT2D eigenvalue weighted by Gasteiger charge is -2.13. The van der Waals surface area contributed by atoms with Crippen LogP contribution in [0.4, 0.5) is 0 Å². The van der Waals surface area contributed by atoms with Crippen LogP contribution >= 0.6 is 22.6 Å². The van der Waals surface area contributed by atoms with Crippen molar-refractivity contribution < 1.29 is 0 Å². The van der Waals surface area contributed by atoms with Crippen LogP contribution in [0.1, 0.15) is 18.9 Å². The summed E-state index contributed by atoms with van der Waals surface area (Å²) in [7, 11) is 0. The van der Waals surface area contributed by atoms with Crippen LogP contribution in [0.3, 0.4) is 0 Å². The predicted octanol–water partition coefficient (Wildman–Crippen LogP) is 2.12. The minimum atomic E-state index is 0.496. The Bertz CT molecular complexity index is 276. The van der Waals surface area contributed by atoms with E-state index in [0.717, 1.165) is 19.5 Å². The molecule has 0 aromatic heterocycles. The Morgan fingerprint density at radius 2 is 2.14 bits per heavy atom. The van der Waals surface area contributed by atoms with Crippen molar-refractivity contribution in [1.82, 2.24) is 5.32 Å². The molecule has 1 unspecified atom stereocenters. The lowest BCUT2D eigenvalue weighted by molar-refractivity contribution is 0.519. The molecule has 1 rings (SSSR count). The quantitative estimate of drug-likeness (QED) is 0.818. The molecule has 0 radical (unpaired) electrons. The van der Waals surface area contributed by atoms with Crippen LogP contribution in [-0.4, -0.2) is 12.6 Å². The van der Waals surface area contributed by atoms with Crippen molar-refractivity contribution in [3.63, 3.8) is 0 Å². The molecule has 0 saturated heterocycles. The summed E-state index contributed by atoms with van der Waals surface area (Å²) in [4.78, 5) is 0. The van der Waals surface area contributed by atoms with Gasteiger partial charge in [-0.2, -0.15) is 0 Å². The second-order valence-corrected chi connectivity index (χ2v) is 4.61. The summed E-state index contributed by atoms with van der Waals surface area (Å²) in [5, 5.41) is 3.46. The average molecular weight is 304 g/mol. The van der Waals surface area contributed by atoms with Crippen molar-refractivity contribution in [2.24, 2.45) is 5.73 Å². The number of hydrogen-bond donors (Lipinski definition) is 2. The van der Waals surface area contributed by atoms with E-state index < -0.39 is 0 Å². The average Bonchev–Trinajstić information content (AvgIpc) is 2.17. The second-order valence-electron chi connectivity index (χ2n) is 3.45. The topological polar surface area (TPSA) is 38.0 Å². The maximum Gasteiger partial charge on any atom is 0.0218 e. The van der Waals surface area contributed by atoms with Crippen molar-refractivity contribution in [3.8, 4) is 0 Å². The summed E-state index contributed by atoms with van der Waals surface area (Å²) < 4.78 is 1.32. The molecular weight excluding hydrogens is 287 g/mol. The van der Waals surface area contributed by atoms with Crippen LogP contribution in [0.15, 0.2) is 24.3 Å². The van der Waals surface area contributed by atoms with Gasteiger partial charge in [0.2, 0.25) is 0 Å². The molecule has 78 valence electrons. The Hall–Kier alpha value is -0.130. The lowest BCUT2D eigenvalue weighted by Crippen LogP contribution is -2.28. The maximum atomic E-state index is 5.49. The van der Waals surface area contributed by atoms with Gasteiger partial charge < -0.3 is 11.1 Å². The fourth-order valence-corrected chi connectivity index (χ4v) is 1.86. The summed E-state index contributed by atoms with van der Waals surface area (Å²) in [6, 6.07) is 8.92. The van der Waals surface area contributed by atoms with Gasteiger partial charge in [0, 0.05) is 16.2 Å². The molecule has 1 aromatic rings. The third kappa shape index (κ3) is 3.94. The zero-order chi connectivity index (χ0) is 10.4. The number of hydrogen-bond acceptors (Lipinski definition) is 2. The van der Waals surface area contributed by atoms with Crippen molar-refractivity contribution in [2.75, 3.05) is 6.54 Å². The van der Waals surface area contributed by atoms with E-state index in [1.165, 1.54) is 9.13 Å². The van der Waals surface area contributed by atoms with Crippen LogP contribution in [0.5, 0.6) is 0 Å². The Morgan fingerprint density at radius 3 is 2.79 bits per heavy atom. The Kier molecular flexibility index (Phi) is 5.44. The predicted molar refractivity (Wildman–Crippen MR) is 69.1 cm³/mol. The molecular formula is C11H17IN2. The van der Waals surface area contributed by atoms with Gasteiger partial charge in [-0.1, -0.05) is 18.2 Å². The van der Waals surface area contributed by atoms with Gasteiger partial charge in [-0.3, -0.25) is 0 Å². The Balaban J connectivity index is 2.41. The first-order chi connectivity index (χ1) is 6.74. The minimum Gasteiger partial charge on any atom is -0.330 e. The van der Waals surface area contributed by atoms with E-state index >= 15 is 0 Å². The van der Waals surface area contributed by atoms with E-state index in [9.17, 15) is 0 Å². The normalized spacial score (nSPS) is 12.8. The van der Waals surface area contributed by atoms with E-state index in [4.69, 9.17) is 5.73 Å². The summed E-state index contributed by atoms with van der Waals surface area (Å²) in [6.07, 6.45) is 1.03. The standard InChI is InChI=1S/C11H17IN2/c1-9(6-7-13)14-8-10-4-2-3-5-11(10)12/h2-5,9,14H,6-8,13H2,1H3. The van der Waals surface area contributed by atoms with Gasteiger partial charge >= 0.3 is 0 Å². The van der Waals surface area contributed by atoms with Crippen molar-refractivity contribution in [1.29, 1.82) is 0 Å². The zero-order valence-corrected chi connectivity index (χ0v) is 10.6. The molecule has 14 heavy (non-hydrogen) atoms. The highest BCUT2D eigenvalue weighted by atomic mass is 127. The van der Waals surface area contributed by atoms with Gasteiger partial charge in [0.1, 0.15) is 0 Å². The molecule has 0 spiro atoms. The number of rotatable bonds is 5. The maximum absolute atomic E-state index is 5.49. The minimum absolute atomic E-state index is 0.496. The van der Waals surface area contributed by atoms with Gasteiger partial charge in [0.15, 0.2) is 0 Å². The van der Waals surface area contributed by atoms with E-state index in [2.05, 4.69) is 59.1 Å². The van der Waals surface area contributed by atoms with Crippen LogP contribution in [0.2, 0.25) is 0 Å². The number of halogens is 1. The number of nitrogens with two attached hydrogens (primary N) is 1. The molecule has 0 amide bonds. The van der Waals surface area contributed by atoms with Gasteiger partial charge in [0.05, 0.1) is 0 Å². The molecule has 0 aliphatic heterocycles. The highest BCUT2D eigenvalue weighted by Gasteiger charge is 2.01. The van der Waals surface area contributed by atoms with Crippen molar-refractivity contribution in [2.45, 2.75) is 25.9 Å². The van der Waals surface area contributed by atoms with Gasteiger partial charge in [-0.05, 0) is 54.1 Å². The summed E-state index contributed by atoms with van der Waals surface area (Å²) in [5.74, 6) is 0. The lowest BCUT2D eigenvalue weighted by atomic mass is 10.2. The Labute approximate surface area is 99.4 Å². The van der Waals surface area contributed by atoms with Crippen LogP contribution < -0.4 is 11.1 Å². The zero-order valence-electron chi connectivity index (χ0n) is 8.46. The first-order valence-electron chi connectivity index (χ1n) is 4.91. The third-order valence-corrected chi connectivity index (χ3v) is 3.25. The van der Waals surface area contributed by atoms with Crippen molar-refractivity contribution >= 4 is 22.6 Å². The van der Waals surface area contributed by atoms with Crippen LogP contribution in [0, 0.1) is 3.57 Å². The molecule has 0 heterocycles. The first kappa shape index (κ1) is 11.9. The molecule has 0 saturated carbocycles. The number of benzene rings is 1. The van der Waals surface area contributed by atoms with Crippen molar-refractivity contribution in [3.05, 3.63) is 33.4 Å².